The Labute approximate surface area is 221 Å². The van der Waals surface area contributed by atoms with Crippen LogP contribution in [0.4, 0.5) is 0 Å². The van der Waals surface area contributed by atoms with E-state index in [1.807, 2.05) is 0 Å². The molecule has 2 aromatic heterocycles. The summed E-state index contributed by atoms with van der Waals surface area (Å²) in [5.41, 5.74) is -1.24. The topological polar surface area (TPSA) is 112 Å². The van der Waals surface area contributed by atoms with E-state index in [9.17, 15) is 15.0 Å². The molecule has 0 amide bonds. The van der Waals surface area contributed by atoms with Gasteiger partial charge in [-0.25, -0.2) is 4.98 Å². The van der Waals surface area contributed by atoms with E-state index in [1.54, 1.807) is 18.4 Å². The van der Waals surface area contributed by atoms with Crippen molar-refractivity contribution >= 4 is 17.5 Å². The van der Waals surface area contributed by atoms with Crippen LogP contribution < -0.4 is 0 Å². The number of nitrogens with one attached hydrogen (secondary N) is 1. The highest BCUT2D eigenvalue weighted by atomic mass is 32.2. The van der Waals surface area contributed by atoms with Crippen molar-refractivity contribution < 1.29 is 19.4 Å². The maximum Gasteiger partial charge on any atom is 0.224 e. The number of thioether (sulfide) groups is 1. The molecule has 196 valence electrons. The molecule has 8 atom stereocenters. The van der Waals surface area contributed by atoms with E-state index in [4.69, 9.17) is 4.42 Å². The van der Waals surface area contributed by atoms with Crippen LogP contribution in [0.25, 0.3) is 0 Å². The molecule has 2 spiro atoms. The summed E-state index contributed by atoms with van der Waals surface area (Å²) in [5.74, 6) is 1.27. The number of nitrogens with zero attached hydrogens (tertiary/aromatic N) is 2. The Bertz CT molecular complexity index is 1290. The molecule has 3 saturated carbocycles. The van der Waals surface area contributed by atoms with Crippen LogP contribution in [0.5, 0.6) is 0 Å². The van der Waals surface area contributed by atoms with Gasteiger partial charge in [0, 0.05) is 27.6 Å². The van der Waals surface area contributed by atoms with Gasteiger partial charge in [0.05, 0.1) is 18.0 Å². The molecule has 0 aromatic carbocycles. The van der Waals surface area contributed by atoms with Crippen molar-refractivity contribution in [1.29, 1.82) is 0 Å². The van der Waals surface area contributed by atoms with Crippen LogP contribution in [-0.2, 0) is 0 Å². The first-order valence-electron chi connectivity index (χ1n) is 13.6. The molecule has 6 aliphatic carbocycles. The summed E-state index contributed by atoms with van der Waals surface area (Å²) in [7, 11) is 0. The molecule has 8 heteroatoms. The molecule has 37 heavy (non-hydrogen) atoms. The van der Waals surface area contributed by atoms with Crippen molar-refractivity contribution in [2.24, 2.45) is 33.5 Å². The molecule has 8 unspecified atom stereocenters. The van der Waals surface area contributed by atoms with Gasteiger partial charge in [0.2, 0.25) is 5.78 Å². The molecule has 3 N–H and O–H groups in total. The lowest BCUT2D eigenvalue weighted by molar-refractivity contribution is -0.166. The Morgan fingerprint density at radius 1 is 1.16 bits per heavy atom. The van der Waals surface area contributed by atoms with Crippen LogP contribution in [0, 0.1) is 33.5 Å². The first kappa shape index (κ1) is 23.9. The molecule has 2 bridgehead atoms. The number of carbonyl (C=O) groups is 1. The normalized spacial score (nSPS) is 45.7. The fourth-order valence-electron chi connectivity index (χ4n) is 9.57. The van der Waals surface area contributed by atoms with E-state index >= 15 is 0 Å². The minimum Gasteiger partial charge on any atom is -0.461 e. The lowest BCUT2D eigenvalue weighted by Crippen LogP contribution is -2.67. The molecule has 3 fully saturated rings. The zero-order chi connectivity index (χ0) is 25.7. The van der Waals surface area contributed by atoms with Gasteiger partial charge in [-0.2, -0.15) is 5.10 Å². The third-order valence-corrected chi connectivity index (χ3v) is 12.6. The van der Waals surface area contributed by atoms with Crippen LogP contribution in [0.15, 0.2) is 58.1 Å². The van der Waals surface area contributed by atoms with E-state index < -0.39 is 11.0 Å². The number of aliphatic hydroxyl groups is 2. The zero-order valence-electron chi connectivity index (χ0n) is 21.4. The van der Waals surface area contributed by atoms with Crippen LogP contribution in [0.3, 0.4) is 0 Å². The number of furan rings is 1. The monoisotopic (exact) mass is 521 g/mol. The number of ketones is 1. The number of carbonyl (C=O) groups excluding carboxylic acids is 1. The third kappa shape index (κ3) is 2.90. The number of hydrogen-bond donors (Lipinski definition) is 3. The maximum atomic E-state index is 14.1. The number of fused-ring (bicyclic) bond motifs is 1. The Kier molecular flexibility index (Phi) is 4.98. The van der Waals surface area contributed by atoms with Crippen molar-refractivity contribution in [2.45, 2.75) is 75.7 Å². The summed E-state index contributed by atoms with van der Waals surface area (Å²) >= 11 is 1.52. The van der Waals surface area contributed by atoms with Crippen molar-refractivity contribution in [3.05, 3.63) is 54.3 Å². The molecule has 0 aliphatic heterocycles. The summed E-state index contributed by atoms with van der Waals surface area (Å²) in [5, 5.41) is 30.6. The summed E-state index contributed by atoms with van der Waals surface area (Å²) in [4.78, 5) is 18.4. The molecule has 0 saturated heterocycles. The van der Waals surface area contributed by atoms with Gasteiger partial charge in [0.15, 0.2) is 10.9 Å². The number of Topliss-reactive ketones (excluding diaryl/α,β-unsaturated/α-hetero) is 1. The second-order valence-corrected chi connectivity index (χ2v) is 13.7. The Morgan fingerprint density at radius 3 is 2.70 bits per heavy atom. The third-order valence-electron chi connectivity index (χ3n) is 11.5. The lowest BCUT2D eigenvalue weighted by atomic mass is 9.32. The van der Waals surface area contributed by atoms with Crippen molar-refractivity contribution in [3.63, 3.8) is 0 Å². The average molecular weight is 522 g/mol. The van der Waals surface area contributed by atoms with Gasteiger partial charge in [-0.1, -0.05) is 43.8 Å². The quantitative estimate of drug-likeness (QED) is 0.289. The van der Waals surface area contributed by atoms with Crippen molar-refractivity contribution in [3.8, 4) is 0 Å². The number of H-pyrrole nitrogens is 1. The fraction of sp³-hybridized carbons (Fsp3) is 0.621. The highest BCUT2D eigenvalue weighted by molar-refractivity contribution is 7.99. The SMILES string of the molecule is CC12CCC(O)CC13C=CC1(C(C(=O)c4ccco4)=C3)C2CCC2(C)C1CCC2(O)CSc1ncn[nH]1. The van der Waals surface area contributed by atoms with Crippen LogP contribution in [0.2, 0.25) is 0 Å². The summed E-state index contributed by atoms with van der Waals surface area (Å²) in [6.07, 6.45) is 15.4. The number of hydrogen-bond acceptors (Lipinski definition) is 7. The first-order valence-corrected chi connectivity index (χ1v) is 14.6. The summed E-state index contributed by atoms with van der Waals surface area (Å²) in [6.45, 7) is 4.65. The molecule has 2 aromatic rings. The van der Waals surface area contributed by atoms with Crippen LogP contribution >= 0.6 is 11.8 Å². The highest BCUT2D eigenvalue weighted by Gasteiger charge is 2.74. The summed E-state index contributed by atoms with van der Waals surface area (Å²) < 4.78 is 5.64. The van der Waals surface area contributed by atoms with Crippen LogP contribution in [-0.4, -0.2) is 48.6 Å². The second-order valence-electron chi connectivity index (χ2n) is 12.7. The Morgan fingerprint density at radius 2 is 1.95 bits per heavy atom. The van der Waals surface area contributed by atoms with E-state index in [0.717, 1.165) is 37.7 Å². The maximum absolute atomic E-state index is 14.1. The van der Waals surface area contributed by atoms with Crippen molar-refractivity contribution in [1.82, 2.24) is 15.2 Å². The molecular formula is C29H35N3O4S. The van der Waals surface area contributed by atoms with Gasteiger partial charge in [-0.3, -0.25) is 9.89 Å². The molecular weight excluding hydrogens is 486 g/mol. The average Bonchev–Trinajstić information content (AvgIpc) is 3.64. The predicted octanol–water partition coefficient (Wildman–Crippen LogP) is 4.96. The van der Waals surface area contributed by atoms with Crippen molar-refractivity contribution in [2.75, 3.05) is 5.75 Å². The lowest BCUT2D eigenvalue weighted by Gasteiger charge is -2.71. The molecule has 6 aliphatic rings. The number of allylic oxidation sites excluding steroid dienone is 4. The molecule has 7 nitrogen and oxygen atoms in total. The first-order chi connectivity index (χ1) is 17.7. The minimum absolute atomic E-state index is 0.0372. The number of rotatable bonds is 5. The zero-order valence-corrected chi connectivity index (χ0v) is 22.3. The second kappa shape index (κ2) is 7.70. The molecule has 8 rings (SSSR count). The van der Waals surface area contributed by atoms with Gasteiger partial charge in [-0.15, -0.1) is 0 Å². The predicted molar refractivity (Wildman–Crippen MR) is 139 cm³/mol. The Balaban J connectivity index is 1.36. The number of aliphatic hydroxyl groups excluding tert-OH is 1. The van der Waals surface area contributed by atoms with Gasteiger partial charge < -0.3 is 14.6 Å². The number of aromatic amines is 1. The van der Waals surface area contributed by atoms with Crippen LogP contribution in [0.1, 0.15) is 69.3 Å². The highest BCUT2D eigenvalue weighted by Crippen LogP contribution is 2.78. The Hall–Kier alpha value is -2.16. The van der Waals surface area contributed by atoms with E-state index in [-0.39, 0.29) is 40.0 Å². The minimum atomic E-state index is -0.878. The molecule has 0 radical (unpaired) electrons. The van der Waals surface area contributed by atoms with Gasteiger partial charge in [0.1, 0.15) is 6.33 Å². The van der Waals surface area contributed by atoms with Gasteiger partial charge in [-0.05, 0) is 74.3 Å². The molecule has 2 heterocycles. The smallest absolute Gasteiger partial charge is 0.224 e. The van der Waals surface area contributed by atoms with Gasteiger partial charge in [0.25, 0.3) is 0 Å². The number of aromatic nitrogens is 3. The standard InChI is InChI=1S/C29H35N3O4S/c1-25-8-5-18(33)14-27(25)11-12-29(19(15-27)23(34)20-4-3-13-36-20)21(25)6-9-26(2)22(29)7-10-28(26,35)16-37-24-30-17-31-32-24/h3-4,11-13,15,17-18,21-22,33,35H,5-10,14,16H2,1-2H3,(H,30,31,32). The van der Waals surface area contributed by atoms with E-state index in [1.165, 1.54) is 18.1 Å². The summed E-state index contributed by atoms with van der Waals surface area (Å²) in [6, 6.07) is 3.53. The fourth-order valence-corrected chi connectivity index (χ4v) is 10.7. The van der Waals surface area contributed by atoms with E-state index in [2.05, 4.69) is 47.3 Å². The van der Waals surface area contributed by atoms with Gasteiger partial charge >= 0.3 is 0 Å². The largest absolute Gasteiger partial charge is 0.461 e. The van der Waals surface area contributed by atoms with E-state index in [0.29, 0.717) is 29.5 Å².